The monoisotopic (exact) mass is 416 g/mol. The molecule has 2 N–H and O–H groups in total. The van der Waals surface area contributed by atoms with Crippen molar-refractivity contribution in [3.8, 4) is 5.75 Å². The van der Waals surface area contributed by atoms with Crippen LogP contribution in [0.2, 0.25) is 0 Å². The van der Waals surface area contributed by atoms with Gasteiger partial charge in [0.05, 0.1) is 16.7 Å². The van der Waals surface area contributed by atoms with Crippen LogP contribution in [0.3, 0.4) is 0 Å². The molecule has 156 valence electrons. The average molecular weight is 417 g/mol. The number of rotatable bonds is 8. The Morgan fingerprint density at radius 2 is 1.76 bits per heavy atom. The Hall–Kier alpha value is -2.38. The van der Waals surface area contributed by atoms with E-state index in [4.69, 9.17) is 4.74 Å². The van der Waals surface area contributed by atoms with Gasteiger partial charge in [0.25, 0.3) is 5.91 Å². The van der Waals surface area contributed by atoms with Gasteiger partial charge >= 0.3 is 0 Å². The lowest BCUT2D eigenvalue weighted by Gasteiger charge is -2.17. The Bertz CT molecular complexity index is 936. The maximum absolute atomic E-state index is 12.7. The number of carbonyl (C=O) groups is 1. The summed E-state index contributed by atoms with van der Waals surface area (Å²) >= 11 is 0. The van der Waals surface area contributed by atoms with E-state index in [0.717, 1.165) is 12.8 Å². The van der Waals surface area contributed by atoms with Gasteiger partial charge in [-0.3, -0.25) is 4.79 Å². The molecule has 0 radical (unpaired) electrons. The molecule has 1 unspecified atom stereocenters. The number of anilines is 1. The molecule has 29 heavy (non-hydrogen) atoms. The zero-order valence-corrected chi connectivity index (χ0v) is 17.7. The molecule has 3 rings (SSSR count). The molecule has 6 nitrogen and oxygen atoms in total. The van der Waals surface area contributed by atoms with Crippen molar-refractivity contribution in [2.45, 2.75) is 63.0 Å². The fourth-order valence-corrected chi connectivity index (χ4v) is 4.58. The fourth-order valence-electron chi connectivity index (χ4n) is 3.25. The van der Waals surface area contributed by atoms with Gasteiger partial charge in [-0.25, -0.2) is 13.1 Å². The van der Waals surface area contributed by atoms with Crippen molar-refractivity contribution >= 4 is 21.6 Å². The number of hydrogen-bond acceptors (Lipinski definition) is 4. The van der Waals surface area contributed by atoms with Crippen molar-refractivity contribution in [1.82, 2.24) is 4.72 Å². The van der Waals surface area contributed by atoms with E-state index in [1.165, 1.54) is 37.1 Å². The molecule has 1 aliphatic rings. The van der Waals surface area contributed by atoms with E-state index >= 15 is 0 Å². The topological polar surface area (TPSA) is 84.5 Å². The second-order valence-corrected chi connectivity index (χ2v) is 9.14. The number of carbonyl (C=O) groups excluding carboxylic acids is 1. The van der Waals surface area contributed by atoms with E-state index in [0.29, 0.717) is 23.4 Å². The van der Waals surface area contributed by atoms with E-state index in [1.807, 2.05) is 32.0 Å². The van der Waals surface area contributed by atoms with Crippen molar-refractivity contribution in [1.29, 1.82) is 0 Å². The molecule has 2 aromatic rings. The third-order valence-corrected chi connectivity index (χ3v) is 6.73. The van der Waals surface area contributed by atoms with Gasteiger partial charge in [0.2, 0.25) is 10.0 Å². The van der Waals surface area contributed by atoms with Crippen molar-refractivity contribution in [3.63, 3.8) is 0 Å². The summed E-state index contributed by atoms with van der Waals surface area (Å²) in [6, 6.07) is 13.1. The van der Waals surface area contributed by atoms with Gasteiger partial charge in [-0.05, 0) is 75.4 Å². The largest absolute Gasteiger partial charge is 0.488 e. The highest BCUT2D eigenvalue weighted by molar-refractivity contribution is 7.89. The highest BCUT2D eigenvalue weighted by Gasteiger charge is 2.20. The number of hydrogen-bond donors (Lipinski definition) is 2. The van der Waals surface area contributed by atoms with Crippen molar-refractivity contribution in [2.75, 3.05) is 5.32 Å². The molecule has 1 fully saturated rings. The third-order valence-electron chi connectivity index (χ3n) is 5.13. The Morgan fingerprint density at radius 3 is 2.41 bits per heavy atom. The molecule has 0 heterocycles. The van der Waals surface area contributed by atoms with Crippen LogP contribution in [0.25, 0.3) is 0 Å². The van der Waals surface area contributed by atoms with Crippen LogP contribution in [0.5, 0.6) is 5.75 Å². The Labute approximate surface area is 172 Å². The Kier molecular flexibility index (Phi) is 6.92. The predicted octanol–water partition coefficient (Wildman–Crippen LogP) is 4.34. The number of para-hydroxylation sites is 2. The smallest absolute Gasteiger partial charge is 0.255 e. The standard InChI is InChI=1S/C22H28N2O4S/c1-3-16(2)24-29(26,27)19-14-12-17(13-15-19)22(25)23-20-10-6-7-11-21(20)28-18-8-4-5-9-18/h6-7,10-16,18,24H,3-5,8-9H2,1-2H3,(H,23,25). The van der Waals surface area contributed by atoms with Crippen LogP contribution in [-0.4, -0.2) is 26.5 Å². The lowest BCUT2D eigenvalue weighted by molar-refractivity contribution is 0.102. The zero-order chi connectivity index (χ0) is 20.9. The summed E-state index contributed by atoms with van der Waals surface area (Å²) in [7, 11) is -3.59. The molecular weight excluding hydrogens is 388 g/mol. The second-order valence-electron chi connectivity index (χ2n) is 7.43. The molecule has 0 spiro atoms. The molecule has 1 aliphatic carbocycles. The number of ether oxygens (including phenoxy) is 1. The van der Waals surface area contributed by atoms with Gasteiger partial charge in [-0.2, -0.15) is 0 Å². The summed E-state index contributed by atoms with van der Waals surface area (Å²) in [4.78, 5) is 12.8. The van der Waals surface area contributed by atoms with Crippen LogP contribution in [0.1, 0.15) is 56.3 Å². The summed E-state index contributed by atoms with van der Waals surface area (Å²) < 4.78 is 33.4. The molecule has 1 atom stereocenters. The highest BCUT2D eigenvalue weighted by Crippen LogP contribution is 2.30. The van der Waals surface area contributed by atoms with Gasteiger partial charge < -0.3 is 10.1 Å². The highest BCUT2D eigenvalue weighted by atomic mass is 32.2. The normalized spacial score (nSPS) is 15.8. The van der Waals surface area contributed by atoms with E-state index in [9.17, 15) is 13.2 Å². The summed E-state index contributed by atoms with van der Waals surface area (Å²) in [6.45, 7) is 3.72. The van der Waals surface area contributed by atoms with Crippen LogP contribution in [0, 0.1) is 0 Å². The van der Waals surface area contributed by atoms with Crippen LogP contribution >= 0.6 is 0 Å². The first-order chi connectivity index (χ1) is 13.9. The zero-order valence-electron chi connectivity index (χ0n) is 16.9. The number of sulfonamides is 1. The van der Waals surface area contributed by atoms with Gasteiger partial charge in [-0.15, -0.1) is 0 Å². The van der Waals surface area contributed by atoms with Crippen molar-refractivity contribution in [3.05, 3.63) is 54.1 Å². The van der Waals surface area contributed by atoms with E-state index in [2.05, 4.69) is 10.0 Å². The maximum atomic E-state index is 12.7. The Balaban J connectivity index is 1.70. The molecule has 0 aromatic heterocycles. The van der Waals surface area contributed by atoms with E-state index < -0.39 is 10.0 Å². The molecular formula is C22H28N2O4S. The maximum Gasteiger partial charge on any atom is 0.255 e. The molecule has 2 aromatic carbocycles. The minimum Gasteiger partial charge on any atom is -0.488 e. The minimum absolute atomic E-state index is 0.138. The average Bonchev–Trinajstić information content (AvgIpc) is 3.22. The van der Waals surface area contributed by atoms with Gasteiger partial charge in [0.15, 0.2) is 0 Å². The summed E-state index contributed by atoms with van der Waals surface area (Å²) in [5.74, 6) is 0.344. The number of benzene rings is 2. The quantitative estimate of drug-likeness (QED) is 0.670. The van der Waals surface area contributed by atoms with Gasteiger partial charge in [0, 0.05) is 11.6 Å². The summed E-state index contributed by atoms with van der Waals surface area (Å²) in [5.41, 5.74) is 0.989. The SMILES string of the molecule is CCC(C)NS(=O)(=O)c1ccc(C(=O)Nc2ccccc2OC2CCCC2)cc1. The van der Waals surface area contributed by atoms with Gasteiger partial charge in [-0.1, -0.05) is 19.1 Å². The second kappa shape index (κ2) is 9.41. The Morgan fingerprint density at radius 1 is 1.10 bits per heavy atom. The summed E-state index contributed by atoms with van der Waals surface area (Å²) in [6.07, 6.45) is 5.28. The lowest BCUT2D eigenvalue weighted by Crippen LogP contribution is -2.32. The molecule has 7 heteroatoms. The van der Waals surface area contributed by atoms with Crippen molar-refractivity contribution < 1.29 is 17.9 Å². The molecule has 0 aliphatic heterocycles. The van der Waals surface area contributed by atoms with Crippen molar-refractivity contribution in [2.24, 2.45) is 0 Å². The van der Waals surface area contributed by atoms with Crippen LogP contribution in [0.15, 0.2) is 53.4 Å². The van der Waals surface area contributed by atoms with Crippen LogP contribution in [-0.2, 0) is 10.0 Å². The van der Waals surface area contributed by atoms with Crippen LogP contribution in [0.4, 0.5) is 5.69 Å². The lowest BCUT2D eigenvalue weighted by atomic mass is 10.2. The first kappa shape index (κ1) is 21.3. The predicted molar refractivity (Wildman–Crippen MR) is 114 cm³/mol. The van der Waals surface area contributed by atoms with E-state index in [-0.39, 0.29) is 22.9 Å². The molecule has 1 saturated carbocycles. The first-order valence-electron chi connectivity index (χ1n) is 10.1. The molecule has 0 bridgehead atoms. The minimum atomic E-state index is -3.59. The fraction of sp³-hybridized carbons (Fsp3) is 0.409. The summed E-state index contributed by atoms with van der Waals surface area (Å²) in [5, 5.41) is 2.87. The third kappa shape index (κ3) is 5.58. The molecule has 1 amide bonds. The van der Waals surface area contributed by atoms with Crippen LogP contribution < -0.4 is 14.8 Å². The van der Waals surface area contributed by atoms with Gasteiger partial charge in [0.1, 0.15) is 5.75 Å². The molecule has 0 saturated heterocycles. The number of nitrogens with one attached hydrogen (secondary N) is 2. The first-order valence-corrected chi connectivity index (χ1v) is 11.6. The van der Waals surface area contributed by atoms with E-state index in [1.54, 1.807) is 6.07 Å². The number of amides is 1.